The Labute approximate surface area is 203 Å². The van der Waals surface area contributed by atoms with Gasteiger partial charge in [-0.25, -0.2) is 9.97 Å². The number of nitrogens with one attached hydrogen (secondary N) is 1. The Balaban J connectivity index is 1.29. The van der Waals surface area contributed by atoms with Gasteiger partial charge in [-0.05, 0) is 57.4 Å². The van der Waals surface area contributed by atoms with Gasteiger partial charge in [0, 0.05) is 56.0 Å². The minimum absolute atomic E-state index is 0.0456. The van der Waals surface area contributed by atoms with Crippen LogP contribution in [-0.2, 0) is 11.3 Å². The highest BCUT2D eigenvalue weighted by Crippen LogP contribution is 2.25. The van der Waals surface area contributed by atoms with Crippen LogP contribution in [0.1, 0.15) is 37.8 Å². The molecule has 1 saturated heterocycles. The van der Waals surface area contributed by atoms with E-state index in [0.717, 1.165) is 61.7 Å². The molecule has 3 aromatic rings. The van der Waals surface area contributed by atoms with Crippen LogP contribution in [0.15, 0.2) is 60.9 Å². The minimum atomic E-state index is 0.0456. The monoisotopic (exact) mass is 457 g/mol. The molecule has 0 bridgehead atoms. The van der Waals surface area contributed by atoms with Crippen molar-refractivity contribution < 1.29 is 4.79 Å². The molecule has 0 spiro atoms. The maximum Gasteiger partial charge on any atom is 0.223 e. The van der Waals surface area contributed by atoms with E-state index in [9.17, 15) is 4.79 Å². The van der Waals surface area contributed by atoms with Crippen LogP contribution >= 0.6 is 0 Å². The third-order valence-corrected chi connectivity index (χ3v) is 6.69. The number of hydrogen-bond acceptors (Lipinski definition) is 5. The second-order valence-electron chi connectivity index (χ2n) is 8.95. The summed E-state index contributed by atoms with van der Waals surface area (Å²) in [5, 5.41) is 3.14. The Morgan fingerprint density at radius 2 is 1.76 bits per heavy atom. The molecule has 1 N–H and O–H groups in total. The third-order valence-electron chi connectivity index (χ3n) is 6.69. The van der Waals surface area contributed by atoms with Gasteiger partial charge in [0.25, 0.3) is 0 Å². The smallest absolute Gasteiger partial charge is 0.223 e. The van der Waals surface area contributed by atoms with Crippen molar-refractivity contribution in [1.82, 2.24) is 15.3 Å². The fourth-order valence-electron chi connectivity index (χ4n) is 4.60. The zero-order valence-corrected chi connectivity index (χ0v) is 20.5. The van der Waals surface area contributed by atoms with E-state index >= 15 is 0 Å². The number of aryl methyl sites for hydroxylation is 1. The number of hydrogen-bond donors (Lipinski definition) is 1. The number of carbonyl (C=O) groups excluding carboxylic acids is 1. The standard InChI is InChI=1S/C28H35N5O/c1-4-32(5-2)25-11-9-22(10-12-25)19-29-28(34)23-13-15-33(16-14-23)27-18-26(30-20-31-27)24-8-6-7-21(3)17-24/h6-12,17-18,20,23H,4-5,13-16,19H2,1-3H3,(H,29,34). The van der Waals surface area contributed by atoms with E-state index in [4.69, 9.17) is 0 Å². The van der Waals surface area contributed by atoms with Gasteiger partial charge in [0.2, 0.25) is 5.91 Å². The van der Waals surface area contributed by atoms with Crippen LogP contribution in [0.2, 0.25) is 0 Å². The molecule has 0 radical (unpaired) electrons. The number of benzene rings is 2. The number of anilines is 2. The number of carbonyl (C=O) groups is 1. The van der Waals surface area contributed by atoms with Crippen LogP contribution in [0.3, 0.4) is 0 Å². The maximum atomic E-state index is 12.8. The van der Waals surface area contributed by atoms with Crippen molar-refractivity contribution in [3.8, 4) is 11.3 Å². The van der Waals surface area contributed by atoms with Gasteiger partial charge in [0.15, 0.2) is 0 Å². The highest BCUT2D eigenvalue weighted by Gasteiger charge is 2.25. The molecule has 178 valence electrons. The zero-order chi connectivity index (χ0) is 23.9. The number of rotatable bonds is 8. The predicted octanol–water partition coefficient (Wildman–Crippen LogP) is 4.83. The number of nitrogens with zero attached hydrogens (tertiary/aromatic N) is 4. The summed E-state index contributed by atoms with van der Waals surface area (Å²) in [6, 6.07) is 18.9. The van der Waals surface area contributed by atoms with Crippen molar-refractivity contribution >= 4 is 17.4 Å². The van der Waals surface area contributed by atoms with Crippen LogP contribution in [0.4, 0.5) is 11.5 Å². The lowest BCUT2D eigenvalue weighted by atomic mass is 9.95. The van der Waals surface area contributed by atoms with Gasteiger partial charge in [-0.2, -0.15) is 0 Å². The Bertz CT molecular complexity index is 1090. The molecule has 0 unspecified atom stereocenters. The Morgan fingerprint density at radius 3 is 2.44 bits per heavy atom. The van der Waals surface area contributed by atoms with Gasteiger partial charge < -0.3 is 15.1 Å². The largest absolute Gasteiger partial charge is 0.372 e. The minimum Gasteiger partial charge on any atom is -0.372 e. The van der Waals surface area contributed by atoms with Crippen molar-refractivity contribution in [2.45, 2.75) is 40.2 Å². The molecule has 1 aliphatic rings. The molecule has 6 nitrogen and oxygen atoms in total. The van der Waals surface area contributed by atoms with Gasteiger partial charge in [-0.1, -0.05) is 35.9 Å². The summed E-state index contributed by atoms with van der Waals surface area (Å²) < 4.78 is 0. The molecular weight excluding hydrogens is 422 g/mol. The van der Waals surface area contributed by atoms with E-state index in [1.807, 2.05) is 0 Å². The summed E-state index contributed by atoms with van der Waals surface area (Å²) >= 11 is 0. The van der Waals surface area contributed by atoms with E-state index < -0.39 is 0 Å². The average Bonchev–Trinajstić information content (AvgIpc) is 2.89. The van der Waals surface area contributed by atoms with Crippen LogP contribution in [0.5, 0.6) is 0 Å². The topological polar surface area (TPSA) is 61.4 Å². The molecular formula is C28H35N5O. The van der Waals surface area contributed by atoms with Gasteiger partial charge in [0.05, 0.1) is 5.69 Å². The van der Waals surface area contributed by atoms with Crippen molar-refractivity contribution in [3.63, 3.8) is 0 Å². The van der Waals surface area contributed by atoms with Crippen molar-refractivity contribution in [2.24, 2.45) is 5.92 Å². The van der Waals surface area contributed by atoms with E-state index in [1.54, 1.807) is 6.33 Å². The first-order chi connectivity index (χ1) is 16.6. The lowest BCUT2D eigenvalue weighted by Crippen LogP contribution is -2.40. The summed E-state index contributed by atoms with van der Waals surface area (Å²) in [5.74, 6) is 1.12. The summed E-state index contributed by atoms with van der Waals surface area (Å²) in [5.41, 5.74) is 5.60. The highest BCUT2D eigenvalue weighted by molar-refractivity contribution is 5.79. The number of aromatic nitrogens is 2. The van der Waals surface area contributed by atoms with Gasteiger partial charge in [-0.15, -0.1) is 0 Å². The van der Waals surface area contributed by atoms with Crippen LogP contribution < -0.4 is 15.1 Å². The molecule has 1 fully saturated rings. The normalized spacial score (nSPS) is 14.1. The SMILES string of the molecule is CCN(CC)c1ccc(CNC(=O)C2CCN(c3cc(-c4cccc(C)c4)ncn3)CC2)cc1. The lowest BCUT2D eigenvalue weighted by Gasteiger charge is -2.32. The molecule has 0 atom stereocenters. The summed E-state index contributed by atoms with van der Waals surface area (Å²) in [6.45, 7) is 10.6. The lowest BCUT2D eigenvalue weighted by molar-refractivity contribution is -0.125. The van der Waals surface area contributed by atoms with Gasteiger partial charge in [-0.3, -0.25) is 4.79 Å². The van der Waals surface area contributed by atoms with Gasteiger partial charge in [0.1, 0.15) is 12.1 Å². The van der Waals surface area contributed by atoms with Crippen molar-refractivity contribution in [3.05, 3.63) is 72.1 Å². The Kier molecular flexibility index (Phi) is 7.78. The first kappa shape index (κ1) is 23.7. The molecule has 1 aliphatic heterocycles. The molecule has 6 heteroatoms. The fraction of sp³-hybridized carbons (Fsp3) is 0.393. The average molecular weight is 458 g/mol. The fourth-order valence-corrected chi connectivity index (χ4v) is 4.60. The number of amides is 1. The molecule has 4 rings (SSSR count). The molecule has 1 aromatic heterocycles. The van der Waals surface area contributed by atoms with Crippen molar-refractivity contribution in [2.75, 3.05) is 36.0 Å². The van der Waals surface area contributed by atoms with Crippen molar-refractivity contribution in [1.29, 1.82) is 0 Å². The quantitative estimate of drug-likeness (QED) is 0.525. The van der Waals surface area contributed by atoms with Gasteiger partial charge >= 0.3 is 0 Å². The van der Waals surface area contributed by atoms with Crippen LogP contribution in [-0.4, -0.2) is 42.1 Å². The molecule has 0 saturated carbocycles. The van der Waals surface area contributed by atoms with E-state index in [-0.39, 0.29) is 11.8 Å². The molecule has 1 amide bonds. The Morgan fingerprint density at radius 1 is 1.03 bits per heavy atom. The summed E-state index contributed by atoms with van der Waals surface area (Å²) in [6.07, 6.45) is 3.30. The third kappa shape index (κ3) is 5.74. The first-order valence-corrected chi connectivity index (χ1v) is 12.3. The highest BCUT2D eigenvalue weighted by atomic mass is 16.1. The summed E-state index contributed by atoms with van der Waals surface area (Å²) in [7, 11) is 0. The maximum absolute atomic E-state index is 12.8. The first-order valence-electron chi connectivity index (χ1n) is 12.3. The molecule has 2 heterocycles. The second-order valence-corrected chi connectivity index (χ2v) is 8.95. The molecule has 2 aromatic carbocycles. The van der Waals surface area contributed by atoms with E-state index in [2.05, 4.69) is 100 Å². The molecule has 0 aliphatic carbocycles. The van der Waals surface area contributed by atoms with Crippen LogP contribution in [0.25, 0.3) is 11.3 Å². The Hall–Kier alpha value is -3.41. The zero-order valence-electron chi connectivity index (χ0n) is 20.5. The molecule has 34 heavy (non-hydrogen) atoms. The van der Waals surface area contributed by atoms with E-state index in [1.165, 1.54) is 11.3 Å². The predicted molar refractivity (Wildman–Crippen MR) is 139 cm³/mol. The van der Waals surface area contributed by atoms with Crippen LogP contribution in [0, 0.1) is 12.8 Å². The second kappa shape index (κ2) is 11.1. The van der Waals surface area contributed by atoms with E-state index in [0.29, 0.717) is 6.54 Å². The summed E-state index contributed by atoms with van der Waals surface area (Å²) in [4.78, 5) is 26.3. The number of piperidine rings is 1.